The van der Waals surface area contributed by atoms with Gasteiger partial charge in [-0.2, -0.15) is 0 Å². The van der Waals surface area contributed by atoms with Crippen LogP contribution >= 0.6 is 0 Å². The average Bonchev–Trinajstić information content (AvgIpc) is 2.09. The fourth-order valence-electron chi connectivity index (χ4n) is 1.82. The largest absolute Gasteiger partial charge is 0.312 e. The Morgan fingerprint density at radius 1 is 0.929 bits per heavy atom. The first-order valence-corrected chi connectivity index (χ1v) is 6.32. The van der Waals surface area contributed by atoms with Gasteiger partial charge in [0.15, 0.2) is 0 Å². The summed E-state index contributed by atoms with van der Waals surface area (Å²) in [7, 11) is 0. The highest BCUT2D eigenvalue weighted by Gasteiger charge is 2.06. The van der Waals surface area contributed by atoms with Crippen LogP contribution in [0.3, 0.4) is 0 Å². The molecular weight excluding hydrogens is 170 g/mol. The summed E-state index contributed by atoms with van der Waals surface area (Å²) in [6.45, 7) is 11.4. The summed E-state index contributed by atoms with van der Waals surface area (Å²) < 4.78 is 0. The molecule has 0 spiro atoms. The molecule has 0 fully saturated rings. The number of unbranched alkanes of at least 4 members (excludes halogenated alkanes) is 1. The molecule has 0 aliphatic heterocycles. The van der Waals surface area contributed by atoms with Gasteiger partial charge in [0.1, 0.15) is 0 Å². The van der Waals surface area contributed by atoms with Gasteiger partial charge in [-0.15, -0.1) is 0 Å². The van der Waals surface area contributed by atoms with Gasteiger partial charge in [-0.25, -0.2) is 0 Å². The van der Waals surface area contributed by atoms with Gasteiger partial charge in [0, 0.05) is 12.1 Å². The Morgan fingerprint density at radius 3 is 1.93 bits per heavy atom. The van der Waals surface area contributed by atoms with E-state index in [2.05, 4.69) is 39.9 Å². The molecule has 1 nitrogen and oxygen atoms in total. The second-order valence-electron chi connectivity index (χ2n) is 5.10. The van der Waals surface area contributed by atoms with E-state index in [0.29, 0.717) is 6.04 Å². The van der Waals surface area contributed by atoms with Crippen molar-refractivity contribution in [1.82, 2.24) is 5.32 Å². The molecule has 0 saturated heterocycles. The van der Waals surface area contributed by atoms with Crippen molar-refractivity contribution in [2.75, 3.05) is 0 Å². The summed E-state index contributed by atoms with van der Waals surface area (Å²) in [6.07, 6.45) is 6.78. The highest BCUT2D eigenvalue weighted by atomic mass is 14.9. The molecule has 14 heavy (non-hydrogen) atoms. The monoisotopic (exact) mass is 199 g/mol. The normalized spacial score (nSPS) is 13.9. The molecule has 0 radical (unpaired) electrons. The van der Waals surface area contributed by atoms with E-state index in [0.717, 1.165) is 12.0 Å². The van der Waals surface area contributed by atoms with E-state index in [-0.39, 0.29) is 0 Å². The third kappa shape index (κ3) is 8.55. The van der Waals surface area contributed by atoms with Gasteiger partial charge in [0.25, 0.3) is 0 Å². The summed E-state index contributed by atoms with van der Waals surface area (Å²) in [5, 5.41) is 3.62. The van der Waals surface area contributed by atoms with Gasteiger partial charge >= 0.3 is 0 Å². The van der Waals surface area contributed by atoms with Crippen molar-refractivity contribution in [3.05, 3.63) is 0 Å². The maximum absolute atomic E-state index is 3.62. The first kappa shape index (κ1) is 14.0. The molecule has 86 valence electrons. The van der Waals surface area contributed by atoms with Crippen molar-refractivity contribution in [3.63, 3.8) is 0 Å². The zero-order chi connectivity index (χ0) is 11.0. The fourth-order valence-corrected chi connectivity index (χ4v) is 1.82. The molecular formula is C13H29N. The van der Waals surface area contributed by atoms with Crippen LogP contribution in [0.25, 0.3) is 0 Å². The van der Waals surface area contributed by atoms with Crippen LogP contribution in [0.5, 0.6) is 0 Å². The maximum atomic E-state index is 3.62. The van der Waals surface area contributed by atoms with Crippen LogP contribution in [0.1, 0.15) is 66.7 Å². The van der Waals surface area contributed by atoms with Gasteiger partial charge in [-0.05, 0) is 18.8 Å². The Labute approximate surface area is 90.7 Å². The molecule has 1 N–H and O–H groups in total. The summed E-state index contributed by atoms with van der Waals surface area (Å²) in [6, 6.07) is 1.37. The fraction of sp³-hybridized carbons (Fsp3) is 1.00. The van der Waals surface area contributed by atoms with Crippen molar-refractivity contribution in [2.45, 2.75) is 78.8 Å². The van der Waals surface area contributed by atoms with E-state index in [1.165, 1.54) is 32.1 Å². The predicted molar refractivity (Wildman–Crippen MR) is 65.7 cm³/mol. The van der Waals surface area contributed by atoms with Gasteiger partial charge in [0.05, 0.1) is 0 Å². The Morgan fingerprint density at radius 2 is 1.50 bits per heavy atom. The first-order chi connectivity index (χ1) is 6.56. The van der Waals surface area contributed by atoms with Crippen molar-refractivity contribution in [2.24, 2.45) is 5.92 Å². The third-order valence-electron chi connectivity index (χ3n) is 2.65. The lowest BCUT2D eigenvalue weighted by molar-refractivity contribution is 0.404. The second-order valence-corrected chi connectivity index (χ2v) is 5.10. The number of hydrogen-bond donors (Lipinski definition) is 1. The molecule has 0 rings (SSSR count). The minimum Gasteiger partial charge on any atom is -0.312 e. The molecule has 0 aliphatic carbocycles. The highest BCUT2D eigenvalue weighted by Crippen LogP contribution is 2.11. The van der Waals surface area contributed by atoms with Crippen LogP contribution in [0.2, 0.25) is 0 Å². The zero-order valence-corrected chi connectivity index (χ0v) is 10.8. The Kier molecular flexibility index (Phi) is 8.26. The molecule has 1 unspecified atom stereocenters. The predicted octanol–water partition coefficient (Wildman–Crippen LogP) is 3.98. The molecule has 0 heterocycles. The average molecular weight is 199 g/mol. The summed E-state index contributed by atoms with van der Waals surface area (Å²) in [5.41, 5.74) is 0. The van der Waals surface area contributed by atoms with Crippen molar-refractivity contribution in [1.29, 1.82) is 0 Å². The molecule has 0 aromatic rings. The Hall–Kier alpha value is -0.0400. The number of nitrogens with one attached hydrogen (secondary N) is 1. The first-order valence-electron chi connectivity index (χ1n) is 6.32. The number of rotatable bonds is 8. The van der Waals surface area contributed by atoms with Crippen molar-refractivity contribution in [3.8, 4) is 0 Å². The van der Waals surface area contributed by atoms with Crippen LogP contribution < -0.4 is 5.32 Å². The van der Waals surface area contributed by atoms with Gasteiger partial charge in [-0.3, -0.25) is 0 Å². The lowest BCUT2D eigenvalue weighted by Gasteiger charge is -2.19. The Bertz CT molecular complexity index is 118. The number of hydrogen-bond acceptors (Lipinski definition) is 1. The molecule has 1 heteroatoms. The molecule has 1 atom stereocenters. The molecule has 0 aliphatic rings. The smallest absolute Gasteiger partial charge is 0.00667 e. The van der Waals surface area contributed by atoms with Gasteiger partial charge in [0.2, 0.25) is 0 Å². The lowest BCUT2D eigenvalue weighted by Crippen LogP contribution is -2.34. The van der Waals surface area contributed by atoms with Crippen LogP contribution in [0.15, 0.2) is 0 Å². The highest BCUT2D eigenvalue weighted by molar-refractivity contribution is 4.67. The van der Waals surface area contributed by atoms with E-state index in [9.17, 15) is 0 Å². The van der Waals surface area contributed by atoms with Gasteiger partial charge in [-0.1, -0.05) is 53.9 Å². The standard InChI is InChI=1S/C13H29N/c1-6-13(14-12(4)5)10-8-7-9-11(2)3/h11-14H,6-10H2,1-5H3. The lowest BCUT2D eigenvalue weighted by atomic mass is 10.0. The minimum atomic E-state index is 0.630. The van der Waals surface area contributed by atoms with Crippen molar-refractivity contribution < 1.29 is 0 Å². The van der Waals surface area contributed by atoms with Crippen LogP contribution in [-0.2, 0) is 0 Å². The molecule has 0 saturated carbocycles. The van der Waals surface area contributed by atoms with E-state index < -0.39 is 0 Å². The topological polar surface area (TPSA) is 12.0 Å². The maximum Gasteiger partial charge on any atom is 0.00667 e. The van der Waals surface area contributed by atoms with E-state index in [1.807, 2.05) is 0 Å². The van der Waals surface area contributed by atoms with Crippen LogP contribution in [0.4, 0.5) is 0 Å². The van der Waals surface area contributed by atoms with Crippen molar-refractivity contribution >= 4 is 0 Å². The van der Waals surface area contributed by atoms with Crippen LogP contribution in [0, 0.1) is 5.92 Å². The zero-order valence-electron chi connectivity index (χ0n) is 10.8. The Balaban J connectivity index is 3.43. The summed E-state index contributed by atoms with van der Waals surface area (Å²) in [5.74, 6) is 0.869. The van der Waals surface area contributed by atoms with E-state index >= 15 is 0 Å². The molecule has 0 bridgehead atoms. The third-order valence-corrected chi connectivity index (χ3v) is 2.65. The van der Waals surface area contributed by atoms with E-state index in [1.54, 1.807) is 0 Å². The molecule has 0 aromatic carbocycles. The molecule has 0 amide bonds. The summed E-state index contributed by atoms with van der Waals surface area (Å²) in [4.78, 5) is 0. The van der Waals surface area contributed by atoms with E-state index in [4.69, 9.17) is 0 Å². The minimum absolute atomic E-state index is 0.630. The molecule has 0 aromatic heterocycles. The quantitative estimate of drug-likeness (QED) is 0.583. The summed E-state index contributed by atoms with van der Waals surface area (Å²) >= 11 is 0. The second kappa shape index (κ2) is 8.28. The van der Waals surface area contributed by atoms with Gasteiger partial charge < -0.3 is 5.32 Å². The SMILES string of the molecule is CCC(CCCCC(C)C)NC(C)C. The van der Waals surface area contributed by atoms with Crippen LogP contribution in [-0.4, -0.2) is 12.1 Å².